The van der Waals surface area contributed by atoms with Crippen LogP contribution >= 0.6 is 11.6 Å². The average Bonchev–Trinajstić information content (AvgIpc) is 2.80. The van der Waals surface area contributed by atoms with Gasteiger partial charge in [0.15, 0.2) is 0 Å². The first-order chi connectivity index (χ1) is 10.4. The molecule has 0 unspecified atom stereocenters. The highest BCUT2D eigenvalue weighted by molar-refractivity contribution is 6.30. The lowest BCUT2D eigenvalue weighted by Gasteiger charge is -2.27. The molecule has 1 heterocycles. The zero-order chi connectivity index (χ0) is 16.3. The largest absolute Gasteiger partial charge is 0.392 e. The molecule has 0 spiro atoms. The number of aliphatic hydroxyl groups excluding tert-OH is 1. The molecule has 1 fully saturated rings. The minimum Gasteiger partial charge on any atom is -0.392 e. The number of benzene rings is 1. The van der Waals surface area contributed by atoms with Crippen LogP contribution < -0.4 is 5.32 Å². The number of halogens is 1. The van der Waals surface area contributed by atoms with E-state index in [-0.39, 0.29) is 30.3 Å². The van der Waals surface area contributed by atoms with Gasteiger partial charge < -0.3 is 10.4 Å². The number of rotatable bonds is 5. The van der Waals surface area contributed by atoms with Crippen LogP contribution in [0.2, 0.25) is 5.02 Å². The van der Waals surface area contributed by atoms with Gasteiger partial charge in [-0.05, 0) is 37.1 Å². The summed E-state index contributed by atoms with van der Waals surface area (Å²) in [5.74, 6) is 0.00419. The van der Waals surface area contributed by atoms with Crippen molar-refractivity contribution in [2.45, 2.75) is 44.9 Å². The maximum atomic E-state index is 12.1. The fourth-order valence-electron chi connectivity index (χ4n) is 2.94. The zero-order valence-electron chi connectivity index (χ0n) is 13.4. The lowest BCUT2D eigenvalue weighted by atomic mass is 9.99. The van der Waals surface area contributed by atoms with Crippen LogP contribution in [0.1, 0.15) is 38.3 Å². The first kappa shape index (κ1) is 17.3. The van der Waals surface area contributed by atoms with Crippen molar-refractivity contribution in [3.63, 3.8) is 0 Å². The summed E-state index contributed by atoms with van der Waals surface area (Å²) in [6, 6.07) is 8.00. The molecule has 2 N–H and O–H groups in total. The SMILES string of the molecule is CC(C)[C@H](O)CC(=O)N[C@H]1CCN(C)[C@@H]1c1ccc(Cl)cc1. The second-order valence-corrected chi connectivity index (χ2v) is 6.89. The highest BCUT2D eigenvalue weighted by atomic mass is 35.5. The Balaban J connectivity index is 2.03. The van der Waals surface area contributed by atoms with Crippen LogP contribution in [0.5, 0.6) is 0 Å². The van der Waals surface area contributed by atoms with E-state index in [4.69, 9.17) is 11.6 Å². The minimum atomic E-state index is -0.590. The number of aliphatic hydroxyl groups is 1. The van der Waals surface area contributed by atoms with Crippen molar-refractivity contribution in [2.24, 2.45) is 5.92 Å². The van der Waals surface area contributed by atoms with Gasteiger partial charge in [0.1, 0.15) is 0 Å². The summed E-state index contributed by atoms with van der Waals surface area (Å²) in [4.78, 5) is 14.4. The summed E-state index contributed by atoms with van der Waals surface area (Å²) in [7, 11) is 2.06. The fourth-order valence-corrected chi connectivity index (χ4v) is 3.06. The van der Waals surface area contributed by atoms with E-state index < -0.39 is 6.10 Å². The predicted molar refractivity (Wildman–Crippen MR) is 88.8 cm³/mol. The van der Waals surface area contributed by atoms with Crippen molar-refractivity contribution in [3.05, 3.63) is 34.9 Å². The molecule has 1 saturated heterocycles. The van der Waals surface area contributed by atoms with E-state index >= 15 is 0 Å². The molecule has 1 aromatic rings. The third kappa shape index (κ3) is 4.22. The van der Waals surface area contributed by atoms with E-state index in [0.717, 1.165) is 18.5 Å². The molecule has 0 aromatic heterocycles. The van der Waals surface area contributed by atoms with Gasteiger partial charge in [0.05, 0.1) is 18.6 Å². The molecule has 2 rings (SSSR count). The highest BCUT2D eigenvalue weighted by Crippen LogP contribution is 2.31. The van der Waals surface area contributed by atoms with Crippen LogP contribution in [0.15, 0.2) is 24.3 Å². The molecule has 0 saturated carbocycles. The Bertz CT molecular complexity index is 504. The van der Waals surface area contributed by atoms with Crippen molar-refractivity contribution in [1.82, 2.24) is 10.2 Å². The molecule has 0 aliphatic carbocycles. The number of carbonyl (C=O) groups is 1. The van der Waals surface area contributed by atoms with Gasteiger partial charge in [-0.25, -0.2) is 0 Å². The van der Waals surface area contributed by atoms with Gasteiger partial charge in [-0.2, -0.15) is 0 Å². The van der Waals surface area contributed by atoms with Gasteiger partial charge in [0.2, 0.25) is 5.91 Å². The van der Waals surface area contributed by atoms with E-state index in [1.807, 2.05) is 38.1 Å². The number of nitrogens with zero attached hydrogens (tertiary/aromatic N) is 1. The maximum Gasteiger partial charge on any atom is 0.222 e. The Hall–Kier alpha value is -1.10. The third-order valence-corrected chi connectivity index (χ3v) is 4.62. The predicted octanol–water partition coefficient (Wildman–Crippen LogP) is 2.61. The minimum absolute atomic E-state index is 0.0676. The topological polar surface area (TPSA) is 52.6 Å². The van der Waals surface area contributed by atoms with Crippen molar-refractivity contribution in [2.75, 3.05) is 13.6 Å². The molecule has 122 valence electrons. The smallest absolute Gasteiger partial charge is 0.222 e. The summed E-state index contributed by atoms with van der Waals surface area (Å²) in [5, 5.41) is 13.6. The maximum absolute atomic E-state index is 12.1. The Kier molecular flexibility index (Phi) is 5.84. The summed E-state index contributed by atoms with van der Waals surface area (Å²) in [6.07, 6.45) is 0.478. The van der Waals surface area contributed by atoms with Gasteiger partial charge in [0, 0.05) is 17.6 Å². The first-order valence-corrected chi connectivity index (χ1v) is 8.19. The number of nitrogens with one attached hydrogen (secondary N) is 1. The lowest BCUT2D eigenvalue weighted by Crippen LogP contribution is -2.40. The molecule has 1 amide bonds. The summed E-state index contributed by atoms with van der Waals surface area (Å²) < 4.78 is 0. The van der Waals surface area contributed by atoms with Crippen LogP contribution in [0.25, 0.3) is 0 Å². The van der Waals surface area contributed by atoms with Gasteiger partial charge in [0.25, 0.3) is 0 Å². The Labute approximate surface area is 137 Å². The van der Waals surface area contributed by atoms with Gasteiger partial charge in [-0.1, -0.05) is 37.6 Å². The second-order valence-electron chi connectivity index (χ2n) is 6.46. The number of likely N-dealkylation sites (tertiary alicyclic amines) is 1. The summed E-state index contributed by atoms with van der Waals surface area (Å²) in [5.41, 5.74) is 1.15. The van der Waals surface area contributed by atoms with E-state index in [1.54, 1.807) is 0 Å². The zero-order valence-corrected chi connectivity index (χ0v) is 14.2. The highest BCUT2D eigenvalue weighted by Gasteiger charge is 2.34. The third-order valence-electron chi connectivity index (χ3n) is 4.37. The van der Waals surface area contributed by atoms with E-state index in [0.29, 0.717) is 5.02 Å². The molecule has 4 nitrogen and oxygen atoms in total. The Morgan fingerprint density at radius 1 is 1.41 bits per heavy atom. The van der Waals surface area contributed by atoms with Crippen LogP contribution in [0.3, 0.4) is 0 Å². The molecule has 3 atom stereocenters. The molecule has 1 aliphatic rings. The van der Waals surface area contributed by atoms with Gasteiger partial charge in [-0.3, -0.25) is 9.69 Å². The molecule has 1 aromatic carbocycles. The standard InChI is InChI=1S/C17H25ClN2O2/c1-11(2)15(21)10-16(22)19-14-8-9-20(3)17(14)12-4-6-13(18)7-5-12/h4-7,11,14-15,17,21H,8-10H2,1-3H3,(H,19,22)/t14-,15+,17+/m0/s1. The molecule has 22 heavy (non-hydrogen) atoms. The molecular weight excluding hydrogens is 300 g/mol. The van der Waals surface area contributed by atoms with Crippen molar-refractivity contribution in [1.29, 1.82) is 0 Å². The Morgan fingerprint density at radius 3 is 2.64 bits per heavy atom. The van der Waals surface area contributed by atoms with Gasteiger partial charge >= 0.3 is 0 Å². The number of hydrogen-bond acceptors (Lipinski definition) is 3. The molecule has 0 radical (unpaired) electrons. The van der Waals surface area contributed by atoms with Crippen LogP contribution in [0, 0.1) is 5.92 Å². The number of amides is 1. The number of likely N-dealkylation sites (N-methyl/N-ethyl adjacent to an activating group) is 1. The van der Waals surface area contributed by atoms with Crippen LogP contribution in [-0.4, -0.2) is 41.7 Å². The fraction of sp³-hybridized carbons (Fsp3) is 0.588. The second kappa shape index (κ2) is 7.44. The summed E-state index contributed by atoms with van der Waals surface area (Å²) >= 11 is 5.95. The van der Waals surface area contributed by atoms with Crippen molar-refractivity contribution >= 4 is 17.5 Å². The normalized spacial score (nSPS) is 23.7. The van der Waals surface area contributed by atoms with E-state index in [1.165, 1.54) is 0 Å². The van der Waals surface area contributed by atoms with E-state index in [9.17, 15) is 9.90 Å². The van der Waals surface area contributed by atoms with Crippen molar-refractivity contribution in [3.8, 4) is 0 Å². The number of hydrogen-bond donors (Lipinski definition) is 2. The lowest BCUT2D eigenvalue weighted by molar-refractivity contribution is -0.124. The van der Waals surface area contributed by atoms with Crippen LogP contribution in [0.4, 0.5) is 0 Å². The summed E-state index contributed by atoms with van der Waals surface area (Å²) in [6.45, 7) is 4.76. The van der Waals surface area contributed by atoms with Gasteiger partial charge in [-0.15, -0.1) is 0 Å². The average molecular weight is 325 g/mol. The molecule has 5 heteroatoms. The molecule has 1 aliphatic heterocycles. The van der Waals surface area contributed by atoms with Crippen LogP contribution in [-0.2, 0) is 4.79 Å². The van der Waals surface area contributed by atoms with Crippen molar-refractivity contribution < 1.29 is 9.90 Å². The first-order valence-electron chi connectivity index (χ1n) is 7.81. The van der Waals surface area contributed by atoms with E-state index in [2.05, 4.69) is 17.3 Å². The monoisotopic (exact) mass is 324 g/mol. The Morgan fingerprint density at radius 2 is 2.05 bits per heavy atom. The quantitative estimate of drug-likeness (QED) is 0.875. The molecular formula is C17H25ClN2O2. The molecule has 0 bridgehead atoms. The number of carbonyl (C=O) groups excluding carboxylic acids is 1.